The topological polar surface area (TPSA) is 41.6 Å². The van der Waals surface area contributed by atoms with Crippen molar-refractivity contribution in [3.05, 3.63) is 0 Å². The van der Waals surface area contributed by atoms with Crippen molar-refractivity contribution in [2.24, 2.45) is 0 Å². The summed E-state index contributed by atoms with van der Waals surface area (Å²) in [6.07, 6.45) is 5.27. The molecule has 104 valence electrons. The Balaban J connectivity index is 1.97. The SMILES string of the molecule is CCCN(C(=O)C1CCC(C)O1)C1CCCNC1. The van der Waals surface area contributed by atoms with Gasteiger partial charge in [-0.05, 0) is 45.6 Å². The van der Waals surface area contributed by atoms with Gasteiger partial charge in [-0.25, -0.2) is 0 Å². The molecule has 0 spiro atoms. The molecule has 2 aliphatic rings. The fraction of sp³-hybridized carbons (Fsp3) is 0.929. The smallest absolute Gasteiger partial charge is 0.252 e. The van der Waals surface area contributed by atoms with Crippen molar-refractivity contribution >= 4 is 5.91 Å². The Labute approximate surface area is 110 Å². The van der Waals surface area contributed by atoms with Gasteiger partial charge in [0.05, 0.1) is 6.10 Å². The van der Waals surface area contributed by atoms with Gasteiger partial charge in [0.15, 0.2) is 0 Å². The highest BCUT2D eigenvalue weighted by atomic mass is 16.5. The summed E-state index contributed by atoms with van der Waals surface area (Å²) in [5.74, 6) is 0.218. The van der Waals surface area contributed by atoms with E-state index in [-0.39, 0.29) is 18.1 Å². The molecule has 4 nitrogen and oxygen atoms in total. The molecule has 2 aliphatic heterocycles. The average molecular weight is 254 g/mol. The first-order chi connectivity index (χ1) is 8.72. The number of hydrogen-bond donors (Lipinski definition) is 1. The van der Waals surface area contributed by atoms with E-state index in [1.165, 1.54) is 6.42 Å². The minimum Gasteiger partial charge on any atom is -0.365 e. The number of hydrogen-bond acceptors (Lipinski definition) is 3. The fourth-order valence-electron chi connectivity index (χ4n) is 2.98. The van der Waals surface area contributed by atoms with Crippen LogP contribution in [0, 0.1) is 0 Å². The Kier molecular flexibility index (Phi) is 5.01. The maximum atomic E-state index is 12.6. The van der Waals surface area contributed by atoms with Gasteiger partial charge in [0.2, 0.25) is 0 Å². The molecule has 0 saturated carbocycles. The van der Waals surface area contributed by atoms with Gasteiger partial charge in [0.25, 0.3) is 5.91 Å². The van der Waals surface area contributed by atoms with Crippen LogP contribution in [0.15, 0.2) is 0 Å². The Bertz CT molecular complexity index is 277. The summed E-state index contributed by atoms with van der Waals surface area (Å²) in [6.45, 7) is 7.07. The monoisotopic (exact) mass is 254 g/mol. The molecule has 0 aromatic heterocycles. The third kappa shape index (κ3) is 3.23. The quantitative estimate of drug-likeness (QED) is 0.827. The zero-order valence-corrected chi connectivity index (χ0v) is 11.7. The number of ether oxygens (including phenoxy) is 1. The van der Waals surface area contributed by atoms with Gasteiger partial charge >= 0.3 is 0 Å². The lowest BCUT2D eigenvalue weighted by Crippen LogP contribution is -2.51. The molecule has 3 atom stereocenters. The first kappa shape index (κ1) is 13.8. The molecular weight excluding hydrogens is 228 g/mol. The molecule has 0 aliphatic carbocycles. The number of piperidine rings is 1. The van der Waals surface area contributed by atoms with E-state index < -0.39 is 0 Å². The van der Waals surface area contributed by atoms with Crippen LogP contribution in [0.5, 0.6) is 0 Å². The number of carbonyl (C=O) groups is 1. The molecule has 4 heteroatoms. The molecule has 2 heterocycles. The molecule has 0 aromatic carbocycles. The van der Waals surface area contributed by atoms with E-state index in [1.807, 2.05) is 0 Å². The Morgan fingerprint density at radius 1 is 1.39 bits per heavy atom. The van der Waals surface area contributed by atoms with Crippen LogP contribution >= 0.6 is 0 Å². The fourth-order valence-corrected chi connectivity index (χ4v) is 2.98. The number of nitrogens with one attached hydrogen (secondary N) is 1. The standard InChI is InChI=1S/C14H26N2O2/c1-3-9-16(12-5-4-8-15-10-12)14(17)13-7-6-11(2)18-13/h11-13,15H,3-10H2,1-2H3. The highest BCUT2D eigenvalue weighted by Crippen LogP contribution is 2.23. The van der Waals surface area contributed by atoms with Crippen LogP contribution in [-0.2, 0) is 9.53 Å². The summed E-state index contributed by atoms with van der Waals surface area (Å²) in [7, 11) is 0. The zero-order valence-electron chi connectivity index (χ0n) is 11.7. The second-order valence-corrected chi connectivity index (χ2v) is 5.54. The molecule has 1 amide bonds. The van der Waals surface area contributed by atoms with E-state index in [4.69, 9.17) is 4.74 Å². The molecule has 18 heavy (non-hydrogen) atoms. The normalized spacial score (nSPS) is 32.4. The molecule has 3 unspecified atom stereocenters. The molecule has 0 radical (unpaired) electrons. The summed E-state index contributed by atoms with van der Waals surface area (Å²) in [6, 6.07) is 0.366. The van der Waals surface area contributed by atoms with Crippen molar-refractivity contribution in [1.29, 1.82) is 0 Å². The van der Waals surface area contributed by atoms with Gasteiger partial charge in [0, 0.05) is 19.1 Å². The second-order valence-electron chi connectivity index (χ2n) is 5.54. The maximum absolute atomic E-state index is 12.6. The molecule has 1 N–H and O–H groups in total. The van der Waals surface area contributed by atoms with E-state index in [0.717, 1.165) is 45.3 Å². The first-order valence-electron chi connectivity index (χ1n) is 7.39. The van der Waals surface area contributed by atoms with E-state index in [0.29, 0.717) is 6.04 Å². The van der Waals surface area contributed by atoms with Gasteiger partial charge in [-0.3, -0.25) is 4.79 Å². The molecule has 0 aromatic rings. The minimum atomic E-state index is -0.187. The summed E-state index contributed by atoms with van der Waals surface area (Å²) in [5, 5.41) is 3.39. The molecule has 2 rings (SSSR count). The molecule has 0 bridgehead atoms. The number of amides is 1. The Morgan fingerprint density at radius 3 is 2.78 bits per heavy atom. The first-order valence-corrected chi connectivity index (χ1v) is 7.39. The second kappa shape index (κ2) is 6.53. The van der Waals surface area contributed by atoms with Crippen LogP contribution in [0.25, 0.3) is 0 Å². The number of nitrogens with zero attached hydrogens (tertiary/aromatic N) is 1. The third-order valence-corrected chi connectivity index (χ3v) is 3.97. The molecule has 2 fully saturated rings. The van der Waals surface area contributed by atoms with Crippen LogP contribution in [0.2, 0.25) is 0 Å². The van der Waals surface area contributed by atoms with Crippen LogP contribution in [0.4, 0.5) is 0 Å². The van der Waals surface area contributed by atoms with Crippen molar-refractivity contribution in [2.45, 2.75) is 64.2 Å². The van der Waals surface area contributed by atoms with Gasteiger partial charge in [-0.1, -0.05) is 6.92 Å². The van der Waals surface area contributed by atoms with Crippen molar-refractivity contribution in [3.63, 3.8) is 0 Å². The van der Waals surface area contributed by atoms with Crippen molar-refractivity contribution in [1.82, 2.24) is 10.2 Å². The van der Waals surface area contributed by atoms with E-state index in [1.54, 1.807) is 0 Å². The third-order valence-electron chi connectivity index (χ3n) is 3.97. The Morgan fingerprint density at radius 2 is 2.22 bits per heavy atom. The summed E-state index contributed by atoms with van der Waals surface area (Å²) >= 11 is 0. The van der Waals surface area contributed by atoms with Crippen LogP contribution in [0.3, 0.4) is 0 Å². The summed E-state index contributed by atoms with van der Waals surface area (Å²) in [4.78, 5) is 14.6. The highest BCUT2D eigenvalue weighted by molar-refractivity contribution is 5.81. The van der Waals surface area contributed by atoms with Crippen molar-refractivity contribution in [2.75, 3.05) is 19.6 Å². The van der Waals surface area contributed by atoms with Gasteiger partial charge < -0.3 is 15.0 Å². The lowest BCUT2D eigenvalue weighted by Gasteiger charge is -2.36. The van der Waals surface area contributed by atoms with Crippen LogP contribution in [-0.4, -0.2) is 48.7 Å². The molecular formula is C14H26N2O2. The van der Waals surface area contributed by atoms with Gasteiger partial charge in [-0.15, -0.1) is 0 Å². The maximum Gasteiger partial charge on any atom is 0.252 e. The van der Waals surface area contributed by atoms with Crippen LogP contribution < -0.4 is 5.32 Å². The average Bonchev–Trinajstić information content (AvgIpc) is 2.83. The highest BCUT2D eigenvalue weighted by Gasteiger charge is 2.34. The van der Waals surface area contributed by atoms with E-state index in [2.05, 4.69) is 24.1 Å². The zero-order chi connectivity index (χ0) is 13.0. The molecule has 2 saturated heterocycles. The predicted molar refractivity (Wildman–Crippen MR) is 71.5 cm³/mol. The predicted octanol–water partition coefficient (Wildman–Crippen LogP) is 1.54. The van der Waals surface area contributed by atoms with E-state index >= 15 is 0 Å². The van der Waals surface area contributed by atoms with Crippen LogP contribution in [0.1, 0.15) is 46.0 Å². The van der Waals surface area contributed by atoms with Gasteiger partial charge in [0.1, 0.15) is 6.10 Å². The summed E-state index contributed by atoms with van der Waals surface area (Å²) < 4.78 is 5.73. The Hall–Kier alpha value is -0.610. The minimum absolute atomic E-state index is 0.187. The van der Waals surface area contributed by atoms with Crippen molar-refractivity contribution in [3.8, 4) is 0 Å². The number of rotatable bonds is 4. The summed E-state index contributed by atoms with van der Waals surface area (Å²) in [5.41, 5.74) is 0. The lowest BCUT2D eigenvalue weighted by molar-refractivity contribution is -0.145. The lowest BCUT2D eigenvalue weighted by atomic mass is 10.0. The largest absolute Gasteiger partial charge is 0.365 e. The van der Waals surface area contributed by atoms with E-state index in [9.17, 15) is 4.79 Å². The van der Waals surface area contributed by atoms with Gasteiger partial charge in [-0.2, -0.15) is 0 Å². The van der Waals surface area contributed by atoms with Crippen molar-refractivity contribution < 1.29 is 9.53 Å². The number of carbonyl (C=O) groups excluding carboxylic acids is 1.